The number of benzene rings is 1. The average Bonchev–Trinajstić information content (AvgIpc) is 3.16. The topological polar surface area (TPSA) is 79.9 Å². The van der Waals surface area contributed by atoms with E-state index in [0.29, 0.717) is 19.8 Å². The molecule has 1 aromatic rings. The zero-order chi connectivity index (χ0) is 17.5. The summed E-state index contributed by atoms with van der Waals surface area (Å²) in [6.07, 6.45) is 2.82. The van der Waals surface area contributed by atoms with Crippen molar-refractivity contribution in [2.24, 2.45) is 0 Å². The summed E-state index contributed by atoms with van der Waals surface area (Å²) in [7, 11) is 0. The number of hydrogen-bond donors (Lipinski definition) is 2. The molecule has 1 atom stereocenters. The monoisotopic (exact) mass is 347 g/mol. The van der Waals surface area contributed by atoms with Crippen molar-refractivity contribution in [2.45, 2.75) is 38.1 Å². The molecule has 0 bridgehead atoms. The Morgan fingerprint density at radius 3 is 2.64 bits per heavy atom. The molecule has 0 aromatic heterocycles. The molecule has 0 saturated carbocycles. The molecule has 7 nitrogen and oxygen atoms in total. The fourth-order valence-corrected chi connectivity index (χ4v) is 3.29. The number of rotatable bonds is 5. The molecule has 7 heteroatoms. The molecule has 2 fully saturated rings. The van der Waals surface area contributed by atoms with E-state index in [9.17, 15) is 9.59 Å². The van der Waals surface area contributed by atoms with Gasteiger partial charge in [-0.05, 0) is 24.9 Å². The first kappa shape index (κ1) is 17.8. The largest absolute Gasteiger partial charge is 0.349 e. The number of hydrogen-bond acceptors (Lipinski definition) is 5. The normalized spacial score (nSPS) is 21.8. The number of likely N-dealkylation sites (tertiary alicyclic amines) is 1. The van der Waals surface area contributed by atoms with Gasteiger partial charge in [-0.1, -0.05) is 36.8 Å². The molecule has 0 aliphatic carbocycles. The molecule has 3 rings (SSSR count). The molecule has 2 N–H and O–H groups in total. The van der Waals surface area contributed by atoms with E-state index in [4.69, 9.17) is 9.47 Å². The predicted octanol–water partition coefficient (Wildman–Crippen LogP) is 1.24. The van der Waals surface area contributed by atoms with Crippen molar-refractivity contribution in [2.75, 3.05) is 26.3 Å². The highest BCUT2D eigenvalue weighted by atomic mass is 16.7. The van der Waals surface area contributed by atoms with Crippen molar-refractivity contribution in [1.82, 2.24) is 15.5 Å². The van der Waals surface area contributed by atoms with Crippen molar-refractivity contribution < 1.29 is 19.1 Å². The molecule has 3 amide bonds. The number of urea groups is 1. The summed E-state index contributed by atoms with van der Waals surface area (Å²) in [5.74, 6) is -0.310. The van der Waals surface area contributed by atoms with Gasteiger partial charge in [0.2, 0.25) is 5.91 Å². The van der Waals surface area contributed by atoms with Gasteiger partial charge in [-0.25, -0.2) is 4.79 Å². The van der Waals surface area contributed by atoms with Gasteiger partial charge in [0.15, 0.2) is 6.29 Å². The quantitative estimate of drug-likeness (QED) is 0.838. The van der Waals surface area contributed by atoms with Gasteiger partial charge in [-0.2, -0.15) is 0 Å². The number of nitrogens with zero attached hydrogens (tertiary/aromatic N) is 1. The Kier molecular flexibility index (Phi) is 6.38. The van der Waals surface area contributed by atoms with Crippen LogP contribution < -0.4 is 10.6 Å². The number of piperidine rings is 1. The molecular weight excluding hydrogens is 322 g/mol. The number of carbonyl (C=O) groups is 2. The third kappa shape index (κ3) is 5.26. The van der Waals surface area contributed by atoms with Gasteiger partial charge in [0.1, 0.15) is 0 Å². The van der Waals surface area contributed by atoms with E-state index in [1.807, 2.05) is 30.3 Å². The summed E-state index contributed by atoms with van der Waals surface area (Å²) in [5.41, 5.74) is 0.983. The summed E-state index contributed by atoms with van der Waals surface area (Å²) in [4.78, 5) is 26.1. The van der Waals surface area contributed by atoms with Crippen LogP contribution in [0, 0.1) is 0 Å². The Hall–Kier alpha value is -1.96. The van der Waals surface area contributed by atoms with E-state index in [0.717, 1.165) is 31.4 Å². The SMILES string of the molecule is O=C(CN1CCCCC1C1OCCO1)NC(=O)NCc1ccccc1. The molecule has 2 aliphatic rings. The Morgan fingerprint density at radius 1 is 1.12 bits per heavy atom. The molecule has 1 unspecified atom stereocenters. The van der Waals surface area contributed by atoms with Gasteiger partial charge in [-0.3, -0.25) is 15.0 Å². The van der Waals surface area contributed by atoms with Crippen LogP contribution in [0.3, 0.4) is 0 Å². The van der Waals surface area contributed by atoms with Crippen molar-refractivity contribution in [3.8, 4) is 0 Å². The lowest BCUT2D eigenvalue weighted by molar-refractivity contribution is -0.130. The summed E-state index contributed by atoms with van der Waals surface area (Å²) in [6, 6.07) is 9.17. The van der Waals surface area contributed by atoms with E-state index in [1.165, 1.54) is 0 Å². The van der Waals surface area contributed by atoms with Gasteiger partial charge in [0.25, 0.3) is 0 Å². The van der Waals surface area contributed by atoms with Gasteiger partial charge in [-0.15, -0.1) is 0 Å². The van der Waals surface area contributed by atoms with E-state index >= 15 is 0 Å². The number of amides is 3. The third-order valence-electron chi connectivity index (χ3n) is 4.52. The lowest BCUT2D eigenvalue weighted by Crippen LogP contribution is -2.52. The minimum Gasteiger partial charge on any atom is -0.349 e. The van der Waals surface area contributed by atoms with Crippen molar-refractivity contribution in [3.05, 3.63) is 35.9 Å². The first-order valence-electron chi connectivity index (χ1n) is 8.81. The van der Waals surface area contributed by atoms with Crippen molar-refractivity contribution in [1.29, 1.82) is 0 Å². The molecule has 136 valence electrons. The predicted molar refractivity (Wildman–Crippen MR) is 91.7 cm³/mol. The van der Waals surface area contributed by atoms with Crippen molar-refractivity contribution in [3.63, 3.8) is 0 Å². The van der Waals surface area contributed by atoms with Gasteiger partial charge in [0.05, 0.1) is 25.8 Å². The molecular formula is C18H25N3O4. The Morgan fingerprint density at radius 2 is 1.88 bits per heavy atom. The standard InChI is InChI=1S/C18H25N3O4/c22-16(20-18(23)19-12-14-6-2-1-3-7-14)13-21-9-5-4-8-15(21)17-24-10-11-25-17/h1-3,6-7,15,17H,4-5,8-13H2,(H2,19,20,22,23). The van der Waals surface area contributed by atoms with Crippen LogP contribution >= 0.6 is 0 Å². The van der Waals surface area contributed by atoms with Crippen molar-refractivity contribution >= 4 is 11.9 Å². The zero-order valence-corrected chi connectivity index (χ0v) is 14.3. The number of ether oxygens (including phenoxy) is 2. The van der Waals surface area contributed by atoms with E-state index in [1.54, 1.807) is 0 Å². The Bertz CT molecular complexity index is 575. The molecule has 1 aromatic carbocycles. The molecule has 25 heavy (non-hydrogen) atoms. The van der Waals surface area contributed by atoms with Crippen LogP contribution in [0.4, 0.5) is 4.79 Å². The second kappa shape index (κ2) is 8.94. The van der Waals surface area contributed by atoms with Crippen LogP contribution in [0.2, 0.25) is 0 Å². The smallest absolute Gasteiger partial charge is 0.321 e. The fourth-order valence-electron chi connectivity index (χ4n) is 3.29. The summed E-state index contributed by atoms with van der Waals surface area (Å²) in [6.45, 7) is 2.57. The maximum Gasteiger partial charge on any atom is 0.321 e. The Labute approximate surface area is 147 Å². The number of imide groups is 1. The summed E-state index contributed by atoms with van der Waals surface area (Å²) < 4.78 is 11.2. The maximum absolute atomic E-state index is 12.2. The molecule has 0 spiro atoms. The van der Waals surface area contributed by atoms with Gasteiger partial charge in [0, 0.05) is 6.54 Å². The van der Waals surface area contributed by atoms with E-state index in [-0.39, 0.29) is 24.8 Å². The van der Waals surface area contributed by atoms with Gasteiger partial charge >= 0.3 is 6.03 Å². The van der Waals surface area contributed by atoms with E-state index < -0.39 is 6.03 Å². The van der Waals surface area contributed by atoms with Crippen LogP contribution in [0.15, 0.2) is 30.3 Å². The van der Waals surface area contributed by atoms with Crippen LogP contribution in [0.1, 0.15) is 24.8 Å². The highest BCUT2D eigenvalue weighted by Crippen LogP contribution is 2.23. The highest BCUT2D eigenvalue weighted by molar-refractivity contribution is 5.95. The molecule has 0 radical (unpaired) electrons. The lowest BCUT2D eigenvalue weighted by Gasteiger charge is -2.37. The lowest BCUT2D eigenvalue weighted by atomic mass is 10.0. The average molecular weight is 347 g/mol. The zero-order valence-electron chi connectivity index (χ0n) is 14.3. The minimum absolute atomic E-state index is 0.0781. The second-order valence-electron chi connectivity index (χ2n) is 6.36. The first-order chi connectivity index (χ1) is 12.2. The fraction of sp³-hybridized carbons (Fsp3) is 0.556. The molecule has 2 heterocycles. The summed E-state index contributed by atoms with van der Waals surface area (Å²) in [5, 5.41) is 5.09. The van der Waals surface area contributed by atoms with E-state index in [2.05, 4.69) is 15.5 Å². The van der Waals surface area contributed by atoms with Crippen LogP contribution in [-0.2, 0) is 20.8 Å². The van der Waals surface area contributed by atoms with Crippen LogP contribution in [0.25, 0.3) is 0 Å². The first-order valence-corrected chi connectivity index (χ1v) is 8.81. The van der Waals surface area contributed by atoms with Crippen LogP contribution in [0.5, 0.6) is 0 Å². The minimum atomic E-state index is -0.476. The molecule has 2 aliphatic heterocycles. The molecule has 2 saturated heterocycles. The number of carbonyl (C=O) groups excluding carboxylic acids is 2. The highest BCUT2D eigenvalue weighted by Gasteiger charge is 2.34. The number of nitrogens with one attached hydrogen (secondary N) is 2. The Balaban J connectivity index is 1.44. The summed E-state index contributed by atoms with van der Waals surface area (Å²) >= 11 is 0. The van der Waals surface area contributed by atoms with Gasteiger partial charge < -0.3 is 14.8 Å². The third-order valence-corrected chi connectivity index (χ3v) is 4.52. The second-order valence-corrected chi connectivity index (χ2v) is 6.36. The van der Waals surface area contributed by atoms with Crippen LogP contribution in [-0.4, -0.2) is 55.5 Å². The maximum atomic E-state index is 12.2.